The van der Waals surface area contributed by atoms with Crippen LogP contribution in [-0.2, 0) is 16.0 Å². The highest BCUT2D eigenvalue weighted by molar-refractivity contribution is 5.99. The zero-order valence-electron chi connectivity index (χ0n) is 20.5. The summed E-state index contributed by atoms with van der Waals surface area (Å²) in [5, 5.41) is 2.91. The molecule has 0 radical (unpaired) electrons. The van der Waals surface area contributed by atoms with Crippen LogP contribution in [0.1, 0.15) is 18.4 Å². The number of benzene rings is 3. The first-order valence-corrected chi connectivity index (χ1v) is 11.8. The number of nitrogens with one attached hydrogen (secondary N) is 1. The molecule has 0 aliphatic carbocycles. The fourth-order valence-corrected chi connectivity index (χ4v) is 3.97. The fraction of sp³-hybridized carbons (Fsp3) is 0.286. The van der Waals surface area contributed by atoms with Crippen LogP contribution in [0.2, 0.25) is 0 Å². The number of aryl methyl sites for hydroxylation is 1. The van der Waals surface area contributed by atoms with E-state index in [0.29, 0.717) is 61.0 Å². The number of methoxy groups -OCH3 is 2. The van der Waals surface area contributed by atoms with Crippen molar-refractivity contribution in [1.82, 2.24) is 0 Å². The molecule has 36 heavy (non-hydrogen) atoms. The Morgan fingerprint density at radius 3 is 2.58 bits per heavy atom. The lowest BCUT2D eigenvalue weighted by Gasteiger charge is -2.29. The standard InChI is InChI=1S/C28H30N2O6/c1-33-24-13-9-20(17-26(24)34-2)10-14-27(31)29-21-11-12-23-25(18-21)36-19-28(32)30(23)15-6-16-35-22-7-4-3-5-8-22/h3-5,7-9,11-13,17-18H,6,10,14-16,19H2,1-2H3,(H,29,31). The van der Waals surface area contributed by atoms with Gasteiger partial charge in [-0.1, -0.05) is 24.3 Å². The van der Waals surface area contributed by atoms with Gasteiger partial charge in [-0.25, -0.2) is 0 Å². The largest absolute Gasteiger partial charge is 0.494 e. The van der Waals surface area contributed by atoms with Gasteiger partial charge in [0.2, 0.25) is 5.91 Å². The monoisotopic (exact) mass is 490 g/mol. The molecule has 4 rings (SSSR count). The molecule has 0 atom stereocenters. The molecule has 1 heterocycles. The molecule has 0 aromatic heterocycles. The molecule has 0 fully saturated rings. The highest BCUT2D eigenvalue weighted by Crippen LogP contribution is 2.35. The Morgan fingerprint density at radius 1 is 1.00 bits per heavy atom. The van der Waals surface area contributed by atoms with Gasteiger partial charge in [-0.15, -0.1) is 0 Å². The van der Waals surface area contributed by atoms with Crippen molar-refractivity contribution in [1.29, 1.82) is 0 Å². The third-order valence-corrected chi connectivity index (χ3v) is 5.81. The van der Waals surface area contributed by atoms with Crippen LogP contribution in [0.5, 0.6) is 23.0 Å². The minimum absolute atomic E-state index is 0.0384. The fourth-order valence-electron chi connectivity index (χ4n) is 3.97. The van der Waals surface area contributed by atoms with Gasteiger partial charge in [-0.3, -0.25) is 9.59 Å². The lowest BCUT2D eigenvalue weighted by molar-refractivity contribution is -0.121. The number of carbonyl (C=O) groups is 2. The number of hydrogen-bond donors (Lipinski definition) is 1. The van der Waals surface area contributed by atoms with Crippen LogP contribution < -0.4 is 29.2 Å². The summed E-state index contributed by atoms with van der Waals surface area (Å²) >= 11 is 0. The number of ether oxygens (including phenoxy) is 4. The lowest BCUT2D eigenvalue weighted by Crippen LogP contribution is -2.39. The van der Waals surface area contributed by atoms with E-state index in [-0.39, 0.29) is 18.4 Å². The number of carbonyl (C=O) groups excluding carboxylic acids is 2. The first kappa shape index (κ1) is 24.9. The summed E-state index contributed by atoms with van der Waals surface area (Å²) in [4.78, 5) is 26.7. The average Bonchev–Trinajstić information content (AvgIpc) is 2.91. The molecule has 8 nitrogen and oxygen atoms in total. The summed E-state index contributed by atoms with van der Waals surface area (Å²) in [6, 6.07) is 20.5. The predicted molar refractivity (Wildman–Crippen MR) is 137 cm³/mol. The molecule has 1 aliphatic rings. The second-order valence-corrected chi connectivity index (χ2v) is 8.27. The maximum absolute atomic E-state index is 12.6. The van der Waals surface area contributed by atoms with E-state index in [1.165, 1.54) is 0 Å². The van der Waals surface area contributed by atoms with Crippen molar-refractivity contribution in [3.8, 4) is 23.0 Å². The van der Waals surface area contributed by atoms with Gasteiger partial charge in [0, 0.05) is 24.7 Å². The van der Waals surface area contributed by atoms with Gasteiger partial charge >= 0.3 is 0 Å². The molecule has 0 bridgehead atoms. The van der Waals surface area contributed by atoms with Crippen molar-refractivity contribution < 1.29 is 28.5 Å². The molecule has 1 aliphatic heterocycles. The highest BCUT2D eigenvalue weighted by Gasteiger charge is 2.25. The Kier molecular flexibility index (Phi) is 8.28. The third kappa shape index (κ3) is 6.27. The zero-order valence-corrected chi connectivity index (χ0v) is 20.5. The van der Waals surface area contributed by atoms with E-state index >= 15 is 0 Å². The Morgan fingerprint density at radius 2 is 1.81 bits per heavy atom. The number of rotatable bonds is 11. The van der Waals surface area contributed by atoms with Crippen LogP contribution >= 0.6 is 0 Å². The Hall–Kier alpha value is -4.20. The van der Waals surface area contributed by atoms with Crippen molar-refractivity contribution >= 4 is 23.2 Å². The Bertz CT molecular complexity index is 1200. The van der Waals surface area contributed by atoms with Gasteiger partial charge in [-0.05, 0) is 54.8 Å². The Balaban J connectivity index is 1.31. The smallest absolute Gasteiger partial charge is 0.265 e. The van der Waals surface area contributed by atoms with Gasteiger partial charge < -0.3 is 29.2 Å². The van der Waals surface area contributed by atoms with Crippen LogP contribution in [0.15, 0.2) is 66.7 Å². The number of para-hydroxylation sites is 1. The lowest BCUT2D eigenvalue weighted by atomic mass is 10.1. The first-order valence-electron chi connectivity index (χ1n) is 11.8. The molecule has 0 spiro atoms. The van der Waals surface area contributed by atoms with E-state index in [0.717, 1.165) is 11.3 Å². The van der Waals surface area contributed by atoms with E-state index in [9.17, 15) is 9.59 Å². The quantitative estimate of drug-likeness (QED) is 0.399. The van der Waals surface area contributed by atoms with Crippen molar-refractivity contribution in [3.05, 3.63) is 72.3 Å². The second kappa shape index (κ2) is 12.0. The summed E-state index contributed by atoms with van der Waals surface area (Å²) in [6.45, 7) is 0.973. The minimum atomic E-state index is -0.119. The number of anilines is 2. The zero-order chi connectivity index (χ0) is 25.3. The summed E-state index contributed by atoms with van der Waals surface area (Å²) in [5.74, 6) is 2.43. The molecule has 0 saturated heterocycles. The normalized spacial score (nSPS) is 12.4. The maximum atomic E-state index is 12.6. The number of amides is 2. The minimum Gasteiger partial charge on any atom is -0.494 e. The number of nitrogens with zero attached hydrogens (tertiary/aromatic N) is 1. The molecule has 0 unspecified atom stereocenters. The molecule has 1 N–H and O–H groups in total. The second-order valence-electron chi connectivity index (χ2n) is 8.27. The van der Waals surface area contributed by atoms with Crippen LogP contribution in [-0.4, -0.2) is 45.8 Å². The molecule has 3 aromatic carbocycles. The molecule has 8 heteroatoms. The molecule has 3 aromatic rings. The van der Waals surface area contributed by atoms with E-state index < -0.39 is 0 Å². The topological polar surface area (TPSA) is 86.3 Å². The van der Waals surface area contributed by atoms with E-state index in [2.05, 4.69) is 5.32 Å². The van der Waals surface area contributed by atoms with Crippen molar-refractivity contribution in [2.45, 2.75) is 19.3 Å². The average molecular weight is 491 g/mol. The Labute approximate surface area is 210 Å². The highest BCUT2D eigenvalue weighted by atomic mass is 16.5. The van der Waals surface area contributed by atoms with Crippen molar-refractivity contribution in [2.24, 2.45) is 0 Å². The van der Waals surface area contributed by atoms with Gasteiger partial charge in [0.15, 0.2) is 18.1 Å². The van der Waals surface area contributed by atoms with E-state index in [4.69, 9.17) is 18.9 Å². The molecule has 0 saturated carbocycles. The molecular weight excluding hydrogens is 460 g/mol. The van der Waals surface area contributed by atoms with E-state index in [1.807, 2.05) is 48.5 Å². The third-order valence-electron chi connectivity index (χ3n) is 5.81. The van der Waals surface area contributed by atoms with Gasteiger partial charge in [0.25, 0.3) is 5.91 Å². The number of hydrogen-bond acceptors (Lipinski definition) is 6. The summed E-state index contributed by atoms with van der Waals surface area (Å²) in [7, 11) is 3.17. The molecular formula is C28H30N2O6. The van der Waals surface area contributed by atoms with Crippen molar-refractivity contribution in [3.63, 3.8) is 0 Å². The van der Waals surface area contributed by atoms with Crippen LogP contribution in [0.4, 0.5) is 11.4 Å². The van der Waals surface area contributed by atoms with Crippen LogP contribution in [0.25, 0.3) is 0 Å². The molecule has 188 valence electrons. The van der Waals surface area contributed by atoms with Crippen LogP contribution in [0, 0.1) is 0 Å². The first-order chi connectivity index (χ1) is 17.6. The van der Waals surface area contributed by atoms with Gasteiger partial charge in [-0.2, -0.15) is 0 Å². The number of fused-ring (bicyclic) bond motifs is 1. The van der Waals surface area contributed by atoms with Crippen molar-refractivity contribution in [2.75, 3.05) is 44.2 Å². The SMILES string of the molecule is COc1ccc(CCC(=O)Nc2ccc3c(c2)OCC(=O)N3CCCOc2ccccc2)cc1OC. The summed E-state index contributed by atoms with van der Waals surface area (Å²) in [6.07, 6.45) is 1.54. The van der Waals surface area contributed by atoms with Gasteiger partial charge in [0.1, 0.15) is 11.5 Å². The summed E-state index contributed by atoms with van der Waals surface area (Å²) < 4.78 is 22.0. The summed E-state index contributed by atoms with van der Waals surface area (Å²) in [5.41, 5.74) is 2.28. The predicted octanol–water partition coefficient (Wildman–Crippen LogP) is 4.47. The maximum Gasteiger partial charge on any atom is 0.265 e. The molecule has 2 amide bonds. The van der Waals surface area contributed by atoms with Gasteiger partial charge in [0.05, 0.1) is 26.5 Å². The van der Waals surface area contributed by atoms with E-state index in [1.54, 1.807) is 37.3 Å². The van der Waals surface area contributed by atoms with Crippen LogP contribution in [0.3, 0.4) is 0 Å².